The van der Waals surface area contributed by atoms with Gasteiger partial charge in [-0.1, -0.05) is 30.7 Å². The maximum Gasteiger partial charge on any atom is 0.254 e. The normalized spacial score (nSPS) is 13.1. The first kappa shape index (κ1) is 12.4. The summed E-state index contributed by atoms with van der Waals surface area (Å²) >= 11 is 5.78. The van der Waals surface area contributed by atoms with E-state index < -0.39 is 12.5 Å². The Balaban J connectivity index is 2.65. The molecule has 15 heavy (non-hydrogen) atoms. The van der Waals surface area contributed by atoms with Gasteiger partial charge >= 0.3 is 0 Å². The van der Waals surface area contributed by atoms with Crippen molar-refractivity contribution in [1.82, 2.24) is 5.32 Å². The van der Waals surface area contributed by atoms with Gasteiger partial charge in [0.1, 0.15) is 0 Å². The first-order chi connectivity index (χ1) is 7.13. The summed E-state index contributed by atoms with van der Waals surface area (Å²) in [7, 11) is 0. The van der Waals surface area contributed by atoms with E-state index in [1.54, 1.807) is 24.3 Å². The van der Waals surface area contributed by atoms with Crippen molar-refractivity contribution in [3.63, 3.8) is 0 Å². The summed E-state index contributed by atoms with van der Waals surface area (Å²) in [5.74, 6) is 0. The predicted molar refractivity (Wildman–Crippen MR) is 58.6 cm³/mol. The smallest absolute Gasteiger partial charge is 0.254 e. The van der Waals surface area contributed by atoms with Crippen LogP contribution in [-0.4, -0.2) is 19.0 Å². The van der Waals surface area contributed by atoms with Crippen molar-refractivity contribution in [2.24, 2.45) is 0 Å². The van der Waals surface area contributed by atoms with E-state index >= 15 is 0 Å². The highest BCUT2D eigenvalue weighted by molar-refractivity contribution is 6.30. The Kier molecular flexibility index (Phi) is 4.99. The van der Waals surface area contributed by atoms with E-state index in [2.05, 4.69) is 5.32 Å². The molecule has 84 valence electrons. The molecule has 1 nitrogen and oxygen atoms in total. The molecule has 1 aromatic rings. The number of halogens is 3. The van der Waals surface area contributed by atoms with Crippen molar-refractivity contribution in [1.29, 1.82) is 0 Å². The molecule has 1 rings (SSSR count). The molecule has 0 amide bonds. The lowest BCUT2D eigenvalue weighted by atomic mass is 10.1. The summed E-state index contributed by atoms with van der Waals surface area (Å²) in [4.78, 5) is 0. The van der Waals surface area contributed by atoms with Crippen LogP contribution in [0.2, 0.25) is 5.02 Å². The first-order valence-corrected chi connectivity index (χ1v) is 5.27. The monoisotopic (exact) mass is 233 g/mol. The molecule has 1 N–H and O–H groups in total. The van der Waals surface area contributed by atoms with E-state index in [4.69, 9.17) is 11.6 Å². The molecule has 0 saturated heterocycles. The number of rotatable bonds is 5. The summed E-state index contributed by atoms with van der Waals surface area (Å²) in [6, 6.07) is 6.22. The second-order valence-electron chi connectivity index (χ2n) is 3.33. The largest absolute Gasteiger partial charge is 0.309 e. The Morgan fingerprint density at radius 2 is 2.13 bits per heavy atom. The van der Waals surface area contributed by atoms with E-state index in [9.17, 15) is 8.78 Å². The molecule has 0 fully saturated rings. The Labute approximate surface area is 93.4 Å². The Morgan fingerprint density at radius 3 is 2.67 bits per heavy atom. The third-order valence-electron chi connectivity index (χ3n) is 2.12. The molecule has 0 radical (unpaired) electrons. The molecule has 0 bridgehead atoms. The zero-order chi connectivity index (χ0) is 11.3. The van der Waals surface area contributed by atoms with Crippen LogP contribution in [0.1, 0.15) is 12.5 Å². The lowest BCUT2D eigenvalue weighted by molar-refractivity contribution is 0.0991. The van der Waals surface area contributed by atoms with Gasteiger partial charge in [0.2, 0.25) is 0 Å². The average Bonchev–Trinajstić information content (AvgIpc) is 2.17. The number of hydrogen-bond acceptors (Lipinski definition) is 1. The maximum absolute atomic E-state index is 12.6. The van der Waals surface area contributed by atoms with Crippen LogP contribution in [0.4, 0.5) is 8.78 Å². The topological polar surface area (TPSA) is 12.0 Å². The number of likely N-dealkylation sites (N-methyl/N-ethyl adjacent to an activating group) is 1. The Bertz CT molecular complexity index is 304. The second kappa shape index (κ2) is 6.03. The van der Waals surface area contributed by atoms with Crippen molar-refractivity contribution < 1.29 is 8.78 Å². The van der Waals surface area contributed by atoms with Gasteiger partial charge < -0.3 is 5.32 Å². The minimum absolute atomic E-state index is 0.298. The van der Waals surface area contributed by atoms with E-state index in [0.717, 1.165) is 5.56 Å². The quantitative estimate of drug-likeness (QED) is 0.824. The van der Waals surface area contributed by atoms with E-state index in [1.165, 1.54) is 0 Å². The van der Waals surface area contributed by atoms with Crippen LogP contribution in [0.3, 0.4) is 0 Å². The van der Waals surface area contributed by atoms with Crippen molar-refractivity contribution in [3.05, 3.63) is 34.9 Å². The number of alkyl halides is 2. The van der Waals surface area contributed by atoms with Crippen LogP contribution in [0.15, 0.2) is 24.3 Å². The van der Waals surface area contributed by atoms with Gasteiger partial charge in [-0.15, -0.1) is 0 Å². The third kappa shape index (κ3) is 4.14. The predicted octanol–water partition coefficient (Wildman–Crippen LogP) is 3.13. The highest BCUT2D eigenvalue weighted by Gasteiger charge is 2.19. The van der Waals surface area contributed by atoms with Gasteiger partial charge in [0.25, 0.3) is 6.43 Å². The van der Waals surface area contributed by atoms with Crippen LogP contribution < -0.4 is 5.32 Å². The van der Waals surface area contributed by atoms with Gasteiger partial charge in [-0.05, 0) is 30.7 Å². The summed E-state index contributed by atoms with van der Waals surface area (Å²) in [6.45, 7) is 2.35. The van der Waals surface area contributed by atoms with Crippen LogP contribution in [-0.2, 0) is 6.42 Å². The summed E-state index contributed by atoms with van der Waals surface area (Å²) < 4.78 is 25.2. The molecule has 4 heteroatoms. The lowest BCUT2D eigenvalue weighted by Gasteiger charge is -2.16. The zero-order valence-electron chi connectivity index (χ0n) is 8.51. The zero-order valence-corrected chi connectivity index (χ0v) is 9.27. The van der Waals surface area contributed by atoms with Crippen molar-refractivity contribution in [2.45, 2.75) is 25.8 Å². The highest BCUT2D eigenvalue weighted by Crippen LogP contribution is 2.14. The molecule has 0 heterocycles. The minimum Gasteiger partial charge on any atom is -0.309 e. The van der Waals surface area contributed by atoms with Gasteiger partial charge in [0, 0.05) is 5.02 Å². The Morgan fingerprint density at radius 1 is 1.40 bits per heavy atom. The molecule has 1 unspecified atom stereocenters. The number of benzene rings is 1. The first-order valence-electron chi connectivity index (χ1n) is 4.89. The van der Waals surface area contributed by atoms with Gasteiger partial charge in [-0.2, -0.15) is 0 Å². The standard InChI is InChI=1S/C11H14ClF2N/c1-2-15-10(11(13)14)7-8-4-3-5-9(12)6-8/h3-6,10-11,15H,2,7H2,1H3. The van der Waals surface area contributed by atoms with Crippen LogP contribution in [0.5, 0.6) is 0 Å². The second-order valence-corrected chi connectivity index (χ2v) is 3.77. The minimum atomic E-state index is -2.36. The van der Waals surface area contributed by atoms with Crippen molar-refractivity contribution in [2.75, 3.05) is 6.54 Å². The molecule has 0 saturated carbocycles. The lowest BCUT2D eigenvalue weighted by Crippen LogP contribution is -2.37. The fraction of sp³-hybridized carbons (Fsp3) is 0.455. The van der Waals surface area contributed by atoms with Gasteiger partial charge in [0.05, 0.1) is 6.04 Å². The molecule has 1 atom stereocenters. The van der Waals surface area contributed by atoms with Crippen LogP contribution in [0, 0.1) is 0 Å². The maximum atomic E-state index is 12.6. The molecule has 0 aliphatic carbocycles. The third-order valence-corrected chi connectivity index (χ3v) is 2.35. The van der Waals surface area contributed by atoms with Crippen LogP contribution in [0.25, 0.3) is 0 Å². The summed E-state index contributed by atoms with van der Waals surface area (Å²) in [5, 5.41) is 3.34. The fourth-order valence-electron chi connectivity index (χ4n) is 1.43. The van der Waals surface area contributed by atoms with E-state index in [-0.39, 0.29) is 0 Å². The Hall–Kier alpha value is -0.670. The molecule has 0 aliphatic heterocycles. The molecular weight excluding hydrogens is 220 g/mol. The number of hydrogen-bond donors (Lipinski definition) is 1. The highest BCUT2D eigenvalue weighted by atomic mass is 35.5. The molecule has 0 aromatic heterocycles. The molecule has 1 aromatic carbocycles. The van der Waals surface area contributed by atoms with Gasteiger partial charge in [-0.25, -0.2) is 8.78 Å². The average molecular weight is 234 g/mol. The van der Waals surface area contributed by atoms with Gasteiger partial charge in [-0.3, -0.25) is 0 Å². The van der Waals surface area contributed by atoms with Crippen molar-refractivity contribution >= 4 is 11.6 Å². The molecule has 0 aliphatic rings. The van der Waals surface area contributed by atoms with E-state index in [0.29, 0.717) is 18.0 Å². The number of nitrogens with one attached hydrogen (secondary N) is 1. The van der Waals surface area contributed by atoms with Crippen LogP contribution >= 0.6 is 11.6 Å². The fourth-order valence-corrected chi connectivity index (χ4v) is 1.64. The van der Waals surface area contributed by atoms with E-state index in [1.807, 2.05) is 6.92 Å². The van der Waals surface area contributed by atoms with Gasteiger partial charge in [0.15, 0.2) is 0 Å². The van der Waals surface area contributed by atoms with Crippen molar-refractivity contribution in [3.8, 4) is 0 Å². The summed E-state index contributed by atoms with van der Waals surface area (Å²) in [6.07, 6.45) is -2.06. The SMILES string of the molecule is CCNC(Cc1cccc(Cl)c1)C(F)F. The summed E-state index contributed by atoms with van der Waals surface area (Å²) in [5.41, 5.74) is 0.828. The molecular formula is C11H14ClF2N. The molecule has 0 spiro atoms.